The lowest BCUT2D eigenvalue weighted by Gasteiger charge is -2.13. The fourth-order valence-electron chi connectivity index (χ4n) is 1.44. The summed E-state index contributed by atoms with van der Waals surface area (Å²) in [7, 11) is 1.39. The first-order valence-corrected chi connectivity index (χ1v) is 5.72. The standard InChI is InChI=1S/C14H19NO2/c1-10(2)13(14(16)17-4)15-9-12-7-5-11(3)6-8-12/h5-10,13H,1-4H3. The van der Waals surface area contributed by atoms with Crippen molar-refractivity contribution in [2.75, 3.05) is 7.11 Å². The number of aliphatic imine (C=N–C) groups is 1. The maximum Gasteiger partial charge on any atom is 0.330 e. The lowest BCUT2D eigenvalue weighted by molar-refractivity contribution is -0.143. The Kier molecular flexibility index (Phi) is 4.88. The van der Waals surface area contributed by atoms with Crippen LogP contribution in [-0.2, 0) is 9.53 Å². The van der Waals surface area contributed by atoms with Gasteiger partial charge in [-0.2, -0.15) is 0 Å². The van der Waals surface area contributed by atoms with Crippen molar-refractivity contribution >= 4 is 12.2 Å². The highest BCUT2D eigenvalue weighted by molar-refractivity contribution is 5.84. The summed E-state index contributed by atoms with van der Waals surface area (Å²) in [6.07, 6.45) is 1.72. The fraction of sp³-hybridized carbons (Fsp3) is 0.429. The third kappa shape index (κ3) is 4.02. The number of hydrogen-bond acceptors (Lipinski definition) is 3. The van der Waals surface area contributed by atoms with Gasteiger partial charge >= 0.3 is 5.97 Å². The number of esters is 1. The molecule has 0 heterocycles. The first kappa shape index (κ1) is 13.4. The molecule has 3 heteroatoms. The van der Waals surface area contributed by atoms with Crippen molar-refractivity contribution in [2.45, 2.75) is 26.8 Å². The number of aryl methyl sites for hydroxylation is 1. The predicted molar refractivity (Wildman–Crippen MR) is 69.4 cm³/mol. The van der Waals surface area contributed by atoms with Crippen LogP contribution in [0.15, 0.2) is 29.3 Å². The fourth-order valence-corrected chi connectivity index (χ4v) is 1.44. The summed E-state index contributed by atoms with van der Waals surface area (Å²) >= 11 is 0. The van der Waals surface area contributed by atoms with Gasteiger partial charge in [-0.05, 0) is 18.4 Å². The number of rotatable bonds is 4. The summed E-state index contributed by atoms with van der Waals surface area (Å²) in [5.74, 6) is -0.160. The largest absolute Gasteiger partial charge is 0.467 e. The minimum Gasteiger partial charge on any atom is -0.467 e. The molecule has 1 unspecified atom stereocenters. The number of benzene rings is 1. The zero-order valence-corrected chi connectivity index (χ0v) is 10.8. The van der Waals surface area contributed by atoms with Crippen LogP contribution >= 0.6 is 0 Å². The van der Waals surface area contributed by atoms with E-state index in [0.29, 0.717) is 0 Å². The Bertz CT molecular complexity index is 393. The normalized spacial score (nSPS) is 13.0. The number of carbonyl (C=O) groups is 1. The molecule has 17 heavy (non-hydrogen) atoms. The molecule has 1 aromatic rings. The second-order valence-corrected chi connectivity index (χ2v) is 4.40. The molecule has 0 spiro atoms. The zero-order valence-electron chi connectivity index (χ0n) is 10.8. The highest BCUT2D eigenvalue weighted by Crippen LogP contribution is 2.09. The van der Waals surface area contributed by atoms with Crippen LogP contribution in [0.2, 0.25) is 0 Å². The van der Waals surface area contributed by atoms with Crippen LogP contribution < -0.4 is 0 Å². The van der Waals surface area contributed by atoms with Crippen LogP contribution in [0.25, 0.3) is 0 Å². The topological polar surface area (TPSA) is 38.7 Å². The molecule has 0 aromatic heterocycles. The molecular formula is C14H19NO2. The summed E-state index contributed by atoms with van der Waals surface area (Å²) in [4.78, 5) is 15.8. The van der Waals surface area contributed by atoms with Crippen LogP contribution in [0, 0.1) is 12.8 Å². The maximum atomic E-state index is 11.5. The molecular weight excluding hydrogens is 214 g/mol. The van der Waals surface area contributed by atoms with Crippen molar-refractivity contribution in [3.05, 3.63) is 35.4 Å². The van der Waals surface area contributed by atoms with E-state index in [2.05, 4.69) is 4.99 Å². The quantitative estimate of drug-likeness (QED) is 0.592. The smallest absolute Gasteiger partial charge is 0.330 e. The summed E-state index contributed by atoms with van der Waals surface area (Å²) in [6, 6.07) is 7.57. The van der Waals surface area contributed by atoms with Crippen molar-refractivity contribution in [3.63, 3.8) is 0 Å². The molecule has 0 aliphatic carbocycles. The highest BCUT2D eigenvalue weighted by Gasteiger charge is 2.20. The number of hydrogen-bond donors (Lipinski definition) is 0. The van der Waals surface area contributed by atoms with E-state index in [1.807, 2.05) is 45.0 Å². The van der Waals surface area contributed by atoms with Gasteiger partial charge in [-0.3, -0.25) is 4.99 Å². The van der Waals surface area contributed by atoms with Gasteiger partial charge in [-0.25, -0.2) is 4.79 Å². The first-order chi connectivity index (χ1) is 8.04. The SMILES string of the molecule is COC(=O)C(N=Cc1ccc(C)cc1)C(C)C. The van der Waals surface area contributed by atoms with Crippen molar-refractivity contribution in [3.8, 4) is 0 Å². The summed E-state index contributed by atoms with van der Waals surface area (Å²) in [5, 5.41) is 0. The van der Waals surface area contributed by atoms with Crippen LogP contribution in [0.1, 0.15) is 25.0 Å². The zero-order chi connectivity index (χ0) is 12.8. The van der Waals surface area contributed by atoms with Crippen LogP contribution in [0.3, 0.4) is 0 Å². The van der Waals surface area contributed by atoms with Gasteiger partial charge in [0.1, 0.15) is 6.04 Å². The van der Waals surface area contributed by atoms with E-state index >= 15 is 0 Å². The molecule has 0 N–H and O–H groups in total. The summed E-state index contributed by atoms with van der Waals surface area (Å²) in [5.41, 5.74) is 2.20. The molecule has 1 rings (SSSR count). The monoisotopic (exact) mass is 233 g/mol. The van der Waals surface area contributed by atoms with E-state index in [9.17, 15) is 4.79 Å². The Morgan fingerprint density at radius 3 is 2.35 bits per heavy atom. The van der Waals surface area contributed by atoms with Crippen LogP contribution in [0.5, 0.6) is 0 Å². The van der Waals surface area contributed by atoms with E-state index in [0.717, 1.165) is 5.56 Å². The molecule has 1 atom stereocenters. The van der Waals surface area contributed by atoms with Crippen molar-refractivity contribution in [2.24, 2.45) is 10.9 Å². The van der Waals surface area contributed by atoms with Gasteiger partial charge < -0.3 is 4.74 Å². The molecule has 3 nitrogen and oxygen atoms in total. The van der Waals surface area contributed by atoms with Gasteiger partial charge in [0.2, 0.25) is 0 Å². The second kappa shape index (κ2) is 6.18. The van der Waals surface area contributed by atoms with Gasteiger partial charge in [0.05, 0.1) is 7.11 Å². The summed E-state index contributed by atoms with van der Waals surface area (Å²) in [6.45, 7) is 5.94. The van der Waals surface area contributed by atoms with E-state index in [4.69, 9.17) is 4.74 Å². The Balaban J connectivity index is 2.79. The minimum absolute atomic E-state index is 0.129. The molecule has 0 radical (unpaired) electrons. The summed E-state index contributed by atoms with van der Waals surface area (Å²) < 4.78 is 4.73. The van der Waals surface area contributed by atoms with Crippen LogP contribution in [0.4, 0.5) is 0 Å². The van der Waals surface area contributed by atoms with Gasteiger partial charge in [-0.1, -0.05) is 43.7 Å². The van der Waals surface area contributed by atoms with E-state index in [1.54, 1.807) is 6.21 Å². The van der Waals surface area contributed by atoms with E-state index in [-0.39, 0.29) is 11.9 Å². The molecule has 0 bridgehead atoms. The Morgan fingerprint density at radius 2 is 1.88 bits per heavy atom. The number of carbonyl (C=O) groups excluding carboxylic acids is 1. The van der Waals surface area contributed by atoms with Crippen molar-refractivity contribution < 1.29 is 9.53 Å². The van der Waals surface area contributed by atoms with Crippen molar-refractivity contribution in [1.82, 2.24) is 0 Å². The number of methoxy groups -OCH3 is 1. The molecule has 0 amide bonds. The lowest BCUT2D eigenvalue weighted by atomic mass is 10.1. The second-order valence-electron chi connectivity index (χ2n) is 4.40. The van der Waals surface area contributed by atoms with Gasteiger partial charge in [0.15, 0.2) is 0 Å². The molecule has 0 saturated heterocycles. The maximum absolute atomic E-state index is 11.5. The third-order valence-electron chi connectivity index (χ3n) is 2.54. The average molecular weight is 233 g/mol. The molecule has 92 valence electrons. The van der Waals surface area contributed by atoms with Gasteiger partial charge in [-0.15, -0.1) is 0 Å². The molecule has 0 fully saturated rings. The highest BCUT2D eigenvalue weighted by atomic mass is 16.5. The van der Waals surface area contributed by atoms with Gasteiger partial charge in [0.25, 0.3) is 0 Å². The third-order valence-corrected chi connectivity index (χ3v) is 2.54. The first-order valence-electron chi connectivity index (χ1n) is 5.72. The molecule has 1 aromatic carbocycles. The molecule has 0 saturated carbocycles. The Hall–Kier alpha value is -1.64. The molecule has 0 aliphatic rings. The van der Waals surface area contributed by atoms with E-state index in [1.165, 1.54) is 12.7 Å². The van der Waals surface area contributed by atoms with Crippen molar-refractivity contribution in [1.29, 1.82) is 0 Å². The minimum atomic E-state index is -0.429. The van der Waals surface area contributed by atoms with E-state index < -0.39 is 6.04 Å². The Labute approximate surface area is 103 Å². The number of nitrogens with zero attached hydrogens (tertiary/aromatic N) is 1. The number of ether oxygens (including phenoxy) is 1. The van der Waals surface area contributed by atoms with Crippen LogP contribution in [-0.4, -0.2) is 25.3 Å². The molecule has 0 aliphatic heterocycles. The Morgan fingerprint density at radius 1 is 1.29 bits per heavy atom. The lowest BCUT2D eigenvalue weighted by Crippen LogP contribution is -2.25. The van der Waals surface area contributed by atoms with Gasteiger partial charge in [0, 0.05) is 6.21 Å². The average Bonchev–Trinajstić information content (AvgIpc) is 2.31. The predicted octanol–water partition coefficient (Wildman–Crippen LogP) is 2.61.